The van der Waals surface area contributed by atoms with Gasteiger partial charge in [-0.1, -0.05) is 46.3 Å². The molecule has 1 fully saturated rings. The number of nitrogens with zero attached hydrogens (tertiary/aromatic N) is 1. The second kappa shape index (κ2) is 6.58. The molecule has 1 unspecified atom stereocenters. The van der Waals surface area contributed by atoms with Crippen LogP contribution in [0.25, 0.3) is 0 Å². The number of anilines is 1. The van der Waals surface area contributed by atoms with Gasteiger partial charge in [-0.05, 0) is 30.2 Å². The Labute approximate surface area is 133 Å². The van der Waals surface area contributed by atoms with Crippen molar-refractivity contribution in [3.63, 3.8) is 0 Å². The smallest absolute Gasteiger partial charge is 0.146 e. The standard InChI is InChI=1S/C17H18BrFN2/c18-14-6-7-16(19)17(10-14)20-15-8-9-21(12-15)11-13-4-2-1-3-5-13/h1-7,10,15,20H,8-9,11-12H2. The van der Waals surface area contributed by atoms with E-state index in [1.807, 2.05) is 6.07 Å². The van der Waals surface area contributed by atoms with Gasteiger partial charge in [0.15, 0.2) is 0 Å². The minimum absolute atomic E-state index is 0.195. The minimum Gasteiger partial charge on any atom is -0.379 e. The van der Waals surface area contributed by atoms with Gasteiger partial charge in [-0.15, -0.1) is 0 Å². The third-order valence-electron chi connectivity index (χ3n) is 3.81. The van der Waals surface area contributed by atoms with Crippen molar-refractivity contribution in [2.24, 2.45) is 0 Å². The summed E-state index contributed by atoms with van der Waals surface area (Å²) in [5.41, 5.74) is 1.91. The van der Waals surface area contributed by atoms with Crippen molar-refractivity contribution >= 4 is 21.6 Å². The van der Waals surface area contributed by atoms with Crippen LogP contribution in [0.5, 0.6) is 0 Å². The molecule has 21 heavy (non-hydrogen) atoms. The van der Waals surface area contributed by atoms with Crippen LogP contribution in [0.3, 0.4) is 0 Å². The van der Waals surface area contributed by atoms with Gasteiger partial charge in [0.05, 0.1) is 5.69 Å². The highest BCUT2D eigenvalue weighted by atomic mass is 79.9. The minimum atomic E-state index is -0.195. The molecule has 3 rings (SSSR count). The maximum atomic E-state index is 13.8. The first-order valence-corrected chi connectivity index (χ1v) is 7.98. The third kappa shape index (κ3) is 3.83. The Morgan fingerprint density at radius 3 is 2.81 bits per heavy atom. The van der Waals surface area contributed by atoms with Crippen molar-refractivity contribution in [3.8, 4) is 0 Å². The van der Waals surface area contributed by atoms with Crippen LogP contribution < -0.4 is 5.32 Å². The number of nitrogens with one attached hydrogen (secondary N) is 1. The molecule has 0 aromatic heterocycles. The fraction of sp³-hybridized carbons (Fsp3) is 0.294. The van der Waals surface area contributed by atoms with Crippen molar-refractivity contribution in [1.82, 2.24) is 4.90 Å². The molecule has 2 aromatic carbocycles. The molecule has 2 aromatic rings. The van der Waals surface area contributed by atoms with E-state index >= 15 is 0 Å². The molecule has 0 spiro atoms. The molecule has 1 atom stereocenters. The molecule has 2 nitrogen and oxygen atoms in total. The Balaban J connectivity index is 1.58. The van der Waals surface area contributed by atoms with Crippen LogP contribution in [0, 0.1) is 5.82 Å². The molecule has 1 heterocycles. The summed E-state index contributed by atoms with van der Waals surface area (Å²) in [6.07, 6.45) is 1.04. The fourth-order valence-corrected chi connectivity index (χ4v) is 3.12. The molecule has 0 bridgehead atoms. The summed E-state index contributed by atoms with van der Waals surface area (Å²) in [7, 11) is 0. The van der Waals surface area contributed by atoms with E-state index < -0.39 is 0 Å². The summed E-state index contributed by atoms with van der Waals surface area (Å²) in [6, 6.07) is 15.8. The largest absolute Gasteiger partial charge is 0.379 e. The Bertz CT molecular complexity index is 603. The maximum Gasteiger partial charge on any atom is 0.146 e. The molecule has 1 aliphatic rings. The molecule has 0 radical (unpaired) electrons. The maximum absolute atomic E-state index is 13.8. The van der Waals surface area contributed by atoms with Gasteiger partial charge < -0.3 is 5.32 Å². The highest BCUT2D eigenvalue weighted by Crippen LogP contribution is 2.23. The topological polar surface area (TPSA) is 15.3 Å². The third-order valence-corrected chi connectivity index (χ3v) is 4.30. The first-order chi connectivity index (χ1) is 10.2. The van der Waals surface area contributed by atoms with E-state index in [2.05, 4.69) is 50.4 Å². The van der Waals surface area contributed by atoms with Crippen LogP contribution in [0.15, 0.2) is 53.0 Å². The van der Waals surface area contributed by atoms with Crippen LogP contribution in [0.2, 0.25) is 0 Å². The van der Waals surface area contributed by atoms with E-state index in [4.69, 9.17) is 0 Å². The molecule has 1 N–H and O–H groups in total. The molecule has 0 amide bonds. The van der Waals surface area contributed by atoms with E-state index in [0.717, 1.165) is 30.5 Å². The molecule has 110 valence electrons. The Kier molecular flexibility index (Phi) is 4.56. The molecular formula is C17H18BrFN2. The number of rotatable bonds is 4. The van der Waals surface area contributed by atoms with Gasteiger partial charge >= 0.3 is 0 Å². The lowest BCUT2D eigenvalue weighted by atomic mass is 10.2. The number of benzene rings is 2. The number of hydrogen-bond donors (Lipinski definition) is 1. The van der Waals surface area contributed by atoms with Crippen LogP contribution in [0.1, 0.15) is 12.0 Å². The predicted octanol–water partition coefficient (Wildman–Crippen LogP) is 4.27. The lowest BCUT2D eigenvalue weighted by molar-refractivity contribution is 0.328. The second-order valence-electron chi connectivity index (χ2n) is 5.47. The summed E-state index contributed by atoms with van der Waals surface area (Å²) in [4.78, 5) is 2.41. The van der Waals surface area contributed by atoms with Gasteiger partial charge in [-0.3, -0.25) is 4.90 Å². The van der Waals surface area contributed by atoms with Crippen LogP contribution in [-0.4, -0.2) is 24.0 Å². The molecule has 0 saturated carbocycles. The summed E-state index contributed by atoms with van der Waals surface area (Å²) < 4.78 is 14.7. The van der Waals surface area contributed by atoms with E-state index in [1.54, 1.807) is 12.1 Å². The monoisotopic (exact) mass is 348 g/mol. The lowest BCUT2D eigenvalue weighted by Gasteiger charge is -2.18. The highest BCUT2D eigenvalue weighted by molar-refractivity contribution is 9.10. The van der Waals surface area contributed by atoms with Crippen LogP contribution in [-0.2, 0) is 6.54 Å². The fourth-order valence-electron chi connectivity index (χ4n) is 2.76. The number of hydrogen-bond acceptors (Lipinski definition) is 2. The Hall–Kier alpha value is -1.39. The molecule has 1 aliphatic heterocycles. The Morgan fingerprint density at radius 2 is 2.00 bits per heavy atom. The van der Waals surface area contributed by atoms with Gasteiger partial charge in [0.25, 0.3) is 0 Å². The normalized spacial score (nSPS) is 18.9. The van der Waals surface area contributed by atoms with Crippen LogP contribution in [0.4, 0.5) is 10.1 Å². The summed E-state index contributed by atoms with van der Waals surface area (Å²) in [6.45, 7) is 2.95. The first kappa shape index (κ1) is 14.5. The molecule has 0 aliphatic carbocycles. The van der Waals surface area contributed by atoms with Crippen molar-refractivity contribution < 1.29 is 4.39 Å². The number of halogens is 2. The highest BCUT2D eigenvalue weighted by Gasteiger charge is 2.23. The van der Waals surface area contributed by atoms with Gasteiger partial charge in [0.1, 0.15) is 5.82 Å². The van der Waals surface area contributed by atoms with Gasteiger partial charge in [0.2, 0.25) is 0 Å². The second-order valence-corrected chi connectivity index (χ2v) is 6.39. The average Bonchev–Trinajstić information content (AvgIpc) is 2.91. The van der Waals surface area contributed by atoms with E-state index in [0.29, 0.717) is 11.7 Å². The van der Waals surface area contributed by atoms with Crippen molar-refractivity contribution in [2.45, 2.75) is 19.0 Å². The zero-order valence-electron chi connectivity index (χ0n) is 11.7. The van der Waals surface area contributed by atoms with Gasteiger partial charge in [-0.25, -0.2) is 4.39 Å². The summed E-state index contributed by atoms with van der Waals surface area (Å²) in [5, 5.41) is 3.32. The average molecular weight is 349 g/mol. The van der Waals surface area contributed by atoms with Gasteiger partial charge in [0, 0.05) is 30.1 Å². The summed E-state index contributed by atoms with van der Waals surface area (Å²) in [5.74, 6) is -0.195. The van der Waals surface area contributed by atoms with Crippen molar-refractivity contribution in [3.05, 3.63) is 64.4 Å². The van der Waals surface area contributed by atoms with Crippen LogP contribution >= 0.6 is 15.9 Å². The molecule has 1 saturated heterocycles. The predicted molar refractivity (Wildman–Crippen MR) is 87.8 cm³/mol. The lowest BCUT2D eigenvalue weighted by Crippen LogP contribution is -2.26. The van der Waals surface area contributed by atoms with E-state index in [1.165, 1.54) is 11.6 Å². The molecular weight excluding hydrogens is 331 g/mol. The van der Waals surface area contributed by atoms with Gasteiger partial charge in [-0.2, -0.15) is 0 Å². The number of likely N-dealkylation sites (tertiary alicyclic amines) is 1. The summed E-state index contributed by atoms with van der Waals surface area (Å²) >= 11 is 3.38. The zero-order chi connectivity index (χ0) is 14.7. The quantitative estimate of drug-likeness (QED) is 0.887. The Morgan fingerprint density at radius 1 is 1.19 bits per heavy atom. The van der Waals surface area contributed by atoms with Crippen molar-refractivity contribution in [2.75, 3.05) is 18.4 Å². The van der Waals surface area contributed by atoms with E-state index in [9.17, 15) is 4.39 Å². The SMILES string of the molecule is Fc1ccc(Br)cc1NC1CCN(Cc2ccccc2)C1. The van der Waals surface area contributed by atoms with Crippen molar-refractivity contribution in [1.29, 1.82) is 0 Å². The zero-order valence-corrected chi connectivity index (χ0v) is 13.3. The van der Waals surface area contributed by atoms with E-state index in [-0.39, 0.29) is 5.82 Å². The molecule has 4 heteroatoms. The first-order valence-electron chi connectivity index (χ1n) is 7.18.